The first kappa shape index (κ1) is 14.0. The monoisotopic (exact) mass is 327 g/mol. The maximum absolute atomic E-state index is 11.7. The van der Waals surface area contributed by atoms with E-state index in [-0.39, 0.29) is 16.4 Å². The molecule has 0 aliphatic heterocycles. The van der Waals surface area contributed by atoms with E-state index in [1.54, 1.807) is 6.07 Å². The van der Waals surface area contributed by atoms with Gasteiger partial charge in [-0.25, -0.2) is 0 Å². The zero-order valence-corrected chi connectivity index (χ0v) is 13.4. The van der Waals surface area contributed by atoms with Crippen LogP contribution in [0.2, 0.25) is 0 Å². The van der Waals surface area contributed by atoms with Crippen LogP contribution in [0.4, 0.5) is 5.69 Å². The van der Waals surface area contributed by atoms with Crippen molar-refractivity contribution in [2.75, 3.05) is 7.11 Å². The Morgan fingerprint density at radius 3 is 2.24 bits per heavy atom. The van der Waals surface area contributed by atoms with Crippen LogP contribution < -0.4 is 4.74 Å². The third-order valence-corrected chi connectivity index (χ3v) is 5.00. The summed E-state index contributed by atoms with van der Waals surface area (Å²) in [4.78, 5) is 11.4. The van der Waals surface area contributed by atoms with Crippen LogP contribution in [-0.2, 0) is 0 Å². The highest BCUT2D eigenvalue weighted by molar-refractivity contribution is 6.24. The molecule has 0 spiro atoms. The average molecular weight is 327 g/mol. The van der Waals surface area contributed by atoms with Crippen LogP contribution >= 0.6 is 0 Å². The molecule has 120 valence electrons. The summed E-state index contributed by atoms with van der Waals surface area (Å²) in [5, 5.41) is 15.4. The third-order valence-electron chi connectivity index (χ3n) is 5.00. The summed E-state index contributed by atoms with van der Waals surface area (Å²) in [7, 11) is 1.46. The van der Waals surface area contributed by atoms with Crippen LogP contribution in [-0.4, -0.2) is 12.0 Å². The summed E-state index contributed by atoms with van der Waals surface area (Å²) in [5.41, 5.74) is 4.54. The van der Waals surface area contributed by atoms with Gasteiger partial charge in [-0.15, -0.1) is 0 Å². The predicted octanol–water partition coefficient (Wildman–Crippen LogP) is 5.56. The van der Waals surface area contributed by atoms with Crippen molar-refractivity contribution in [3.63, 3.8) is 0 Å². The number of ether oxygens (including phenoxy) is 1. The molecule has 0 heterocycles. The van der Waals surface area contributed by atoms with Crippen molar-refractivity contribution in [3.8, 4) is 28.0 Å². The Kier molecular flexibility index (Phi) is 2.69. The molecule has 1 aliphatic carbocycles. The lowest BCUT2D eigenvalue weighted by molar-refractivity contribution is -0.383. The van der Waals surface area contributed by atoms with Crippen molar-refractivity contribution in [2.24, 2.45) is 0 Å². The van der Waals surface area contributed by atoms with Crippen molar-refractivity contribution >= 4 is 27.2 Å². The van der Waals surface area contributed by atoms with E-state index in [2.05, 4.69) is 18.2 Å². The van der Waals surface area contributed by atoms with Crippen LogP contribution in [0.25, 0.3) is 43.8 Å². The van der Waals surface area contributed by atoms with Crippen molar-refractivity contribution < 1.29 is 9.66 Å². The summed E-state index contributed by atoms with van der Waals surface area (Å²) >= 11 is 0. The molecule has 0 fully saturated rings. The van der Waals surface area contributed by atoms with E-state index in [0.717, 1.165) is 27.3 Å². The lowest BCUT2D eigenvalue weighted by Crippen LogP contribution is -1.95. The Morgan fingerprint density at radius 1 is 0.800 bits per heavy atom. The molecule has 25 heavy (non-hydrogen) atoms. The third kappa shape index (κ3) is 1.71. The van der Waals surface area contributed by atoms with E-state index in [4.69, 9.17) is 4.74 Å². The molecule has 0 N–H and O–H groups in total. The van der Waals surface area contributed by atoms with Gasteiger partial charge in [-0.3, -0.25) is 10.1 Å². The highest BCUT2D eigenvalue weighted by Crippen LogP contribution is 2.50. The van der Waals surface area contributed by atoms with Gasteiger partial charge in [0.25, 0.3) is 0 Å². The Hall–Kier alpha value is -3.40. The van der Waals surface area contributed by atoms with Gasteiger partial charge < -0.3 is 4.74 Å². The molecule has 4 aromatic carbocycles. The van der Waals surface area contributed by atoms with Gasteiger partial charge in [0.2, 0.25) is 0 Å². The SMILES string of the molecule is COc1ccc2c(cc3c4c(cccc42)-c2ccccc2-3)c1[N+](=O)[O-]. The fraction of sp³-hybridized carbons (Fsp3) is 0.0476. The highest BCUT2D eigenvalue weighted by atomic mass is 16.6. The van der Waals surface area contributed by atoms with E-state index in [1.807, 2.05) is 36.4 Å². The molecule has 1 aliphatic rings. The van der Waals surface area contributed by atoms with Crippen molar-refractivity contribution in [3.05, 3.63) is 70.8 Å². The van der Waals surface area contributed by atoms with Crippen LogP contribution in [0, 0.1) is 10.1 Å². The molecular weight excluding hydrogens is 314 g/mol. The number of nitro groups is 1. The van der Waals surface area contributed by atoms with E-state index >= 15 is 0 Å². The van der Waals surface area contributed by atoms with Gasteiger partial charge in [0.1, 0.15) is 0 Å². The van der Waals surface area contributed by atoms with Crippen molar-refractivity contribution in [2.45, 2.75) is 0 Å². The largest absolute Gasteiger partial charge is 0.490 e. The molecule has 4 heteroatoms. The fourth-order valence-electron chi connectivity index (χ4n) is 4.00. The Bertz CT molecular complexity index is 1210. The Morgan fingerprint density at radius 2 is 1.52 bits per heavy atom. The minimum atomic E-state index is -0.357. The lowest BCUT2D eigenvalue weighted by Gasteiger charge is -2.10. The highest BCUT2D eigenvalue weighted by Gasteiger charge is 2.26. The first-order valence-electron chi connectivity index (χ1n) is 8.01. The molecule has 0 unspecified atom stereocenters. The molecule has 0 aromatic heterocycles. The number of methoxy groups -OCH3 is 1. The van der Waals surface area contributed by atoms with E-state index in [0.29, 0.717) is 5.39 Å². The Balaban J connectivity index is 2.05. The molecule has 0 radical (unpaired) electrons. The number of nitro benzene ring substituents is 1. The number of benzene rings is 4. The van der Waals surface area contributed by atoms with Gasteiger partial charge in [0.05, 0.1) is 17.4 Å². The van der Waals surface area contributed by atoms with Crippen LogP contribution in [0.1, 0.15) is 0 Å². The quantitative estimate of drug-likeness (QED) is 0.242. The molecule has 4 nitrogen and oxygen atoms in total. The second kappa shape index (κ2) is 4.80. The maximum Gasteiger partial charge on any atom is 0.318 e. The minimum absolute atomic E-state index is 0.0212. The fourth-order valence-corrected chi connectivity index (χ4v) is 4.00. The van der Waals surface area contributed by atoms with Gasteiger partial charge >= 0.3 is 5.69 Å². The summed E-state index contributed by atoms with van der Waals surface area (Å²) in [5.74, 6) is 0.284. The molecule has 4 aromatic rings. The standard InChI is InChI=1S/C21H13NO3/c1-25-19-10-9-14-16-8-4-7-15-12-5-2-3-6-13(12)17(20(15)16)11-18(14)21(19)22(23)24/h2-11H,1H3. The number of hydrogen-bond donors (Lipinski definition) is 0. The second-order valence-corrected chi connectivity index (χ2v) is 6.17. The molecule has 0 bridgehead atoms. The topological polar surface area (TPSA) is 52.4 Å². The summed E-state index contributed by atoms with van der Waals surface area (Å²) in [6, 6.07) is 19.9. The normalized spacial score (nSPS) is 11.7. The summed E-state index contributed by atoms with van der Waals surface area (Å²) in [6.07, 6.45) is 0. The zero-order valence-electron chi connectivity index (χ0n) is 13.4. The number of fused-ring (bicyclic) bond motifs is 5. The van der Waals surface area contributed by atoms with Gasteiger partial charge in [-0.1, -0.05) is 42.5 Å². The molecule has 0 atom stereocenters. The summed E-state index contributed by atoms with van der Waals surface area (Å²) < 4.78 is 5.24. The van der Waals surface area contributed by atoms with E-state index in [1.165, 1.54) is 18.2 Å². The smallest absolute Gasteiger partial charge is 0.318 e. The van der Waals surface area contributed by atoms with Gasteiger partial charge in [-0.2, -0.15) is 0 Å². The molecule has 0 saturated carbocycles. The summed E-state index contributed by atoms with van der Waals surface area (Å²) in [6.45, 7) is 0. The van der Waals surface area contributed by atoms with Crippen LogP contribution in [0.15, 0.2) is 60.7 Å². The predicted molar refractivity (Wildman–Crippen MR) is 99.1 cm³/mol. The molecule has 0 saturated heterocycles. The van der Waals surface area contributed by atoms with Crippen LogP contribution in [0.3, 0.4) is 0 Å². The maximum atomic E-state index is 11.7. The first-order valence-corrected chi connectivity index (χ1v) is 8.01. The van der Waals surface area contributed by atoms with Gasteiger partial charge in [-0.05, 0) is 56.6 Å². The van der Waals surface area contributed by atoms with Gasteiger partial charge in [0.15, 0.2) is 5.75 Å². The number of nitrogens with zero attached hydrogens (tertiary/aromatic N) is 1. The van der Waals surface area contributed by atoms with E-state index < -0.39 is 0 Å². The van der Waals surface area contributed by atoms with Crippen molar-refractivity contribution in [1.29, 1.82) is 0 Å². The van der Waals surface area contributed by atoms with Crippen LogP contribution in [0.5, 0.6) is 5.75 Å². The van der Waals surface area contributed by atoms with Crippen molar-refractivity contribution in [1.82, 2.24) is 0 Å². The second-order valence-electron chi connectivity index (χ2n) is 6.17. The minimum Gasteiger partial charge on any atom is -0.490 e. The number of hydrogen-bond acceptors (Lipinski definition) is 3. The average Bonchev–Trinajstić information content (AvgIpc) is 2.96. The lowest BCUT2D eigenvalue weighted by atomic mass is 9.95. The first-order chi connectivity index (χ1) is 12.2. The number of rotatable bonds is 2. The Labute approximate surface area is 143 Å². The zero-order chi connectivity index (χ0) is 17.1. The van der Waals surface area contributed by atoms with E-state index in [9.17, 15) is 10.1 Å². The molecule has 0 amide bonds. The van der Waals surface area contributed by atoms with Gasteiger partial charge in [0, 0.05) is 0 Å². The molecular formula is C21H13NO3. The molecule has 5 rings (SSSR count).